The standard InChI is InChI=1S/C23H46O6/c1-3-5-7-9-11-13-23(24)29-22-21-28-20-19-27-18-17-26-16-15-25-14-12-10-8-6-4-2/h3-22H2,1-2H3. The number of carbonyl (C=O) groups is 1. The van der Waals surface area contributed by atoms with Gasteiger partial charge in [-0.3, -0.25) is 4.79 Å². The number of hydrogen-bond acceptors (Lipinski definition) is 6. The van der Waals surface area contributed by atoms with Gasteiger partial charge in [0.15, 0.2) is 0 Å². The summed E-state index contributed by atoms with van der Waals surface area (Å²) in [5, 5.41) is 0. The lowest BCUT2D eigenvalue weighted by Gasteiger charge is -2.08. The summed E-state index contributed by atoms with van der Waals surface area (Å²) < 4.78 is 26.9. The van der Waals surface area contributed by atoms with Crippen LogP contribution in [-0.2, 0) is 28.5 Å². The molecule has 174 valence electrons. The highest BCUT2D eigenvalue weighted by atomic mass is 16.6. The van der Waals surface area contributed by atoms with Gasteiger partial charge < -0.3 is 23.7 Å². The summed E-state index contributed by atoms with van der Waals surface area (Å²) in [6, 6.07) is 0. The summed E-state index contributed by atoms with van der Waals surface area (Å²) in [5.41, 5.74) is 0. The van der Waals surface area contributed by atoms with E-state index >= 15 is 0 Å². The van der Waals surface area contributed by atoms with E-state index in [2.05, 4.69) is 13.8 Å². The maximum absolute atomic E-state index is 11.5. The molecule has 0 bridgehead atoms. The minimum absolute atomic E-state index is 0.126. The number of carbonyl (C=O) groups excluding carboxylic acids is 1. The molecule has 0 aromatic heterocycles. The summed E-state index contributed by atoms with van der Waals surface area (Å²) in [5.74, 6) is -0.126. The summed E-state index contributed by atoms with van der Waals surface area (Å²) in [7, 11) is 0. The minimum Gasteiger partial charge on any atom is -0.463 e. The molecule has 29 heavy (non-hydrogen) atoms. The van der Waals surface area contributed by atoms with Crippen molar-refractivity contribution in [2.75, 3.05) is 59.5 Å². The Kier molecular flexibility index (Phi) is 24.7. The third-order valence-electron chi connectivity index (χ3n) is 4.48. The first-order valence-corrected chi connectivity index (χ1v) is 11.8. The van der Waals surface area contributed by atoms with Crippen LogP contribution < -0.4 is 0 Å². The Bertz CT molecular complexity index is 324. The van der Waals surface area contributed by atoms with E-state index in [9.17, 15) is 4.79 Å². The van der Waals surface area contributed by atoms with E-state index < -0.39 is 0 Å². The van der Waals surface area contributed by atoms with Crippen LogP contribution in [0.2, 0.25) is 0 Å². The highest BCUT2D eigenvalue weighted by Crippen LogP contribution is 2.05. The zero-order valence-electron chi connectivity index (χ0n) is 19.1. The number of rotatable bonds is 24. The van der Waals surface area contributed by atoms with Crippen molar-refractivity contribution in [1.29, 1.82) is 0 Å². The van der Waals surface area contributed by atoms with E-state index in [1.807, 2.05) is 0 Å². The van der Waals surface area contributed by atoms with Gasteiger partial charge in [0.25, 0.3) is 0 Å². The van der Waals surface area contributed by atoms with E-state index in [1.54, 1.807) is 0 Å². The van der Waals surface area contributed by atoms with Crippen molar-refractivity contribution in [2.24, 2.45) is 0 Å². The molecule has 0 aromatic carbocycles. The molecule has 6 nitrogen and oxygen atoms in total. The van der Waals surface area contributed by atoms with Crippen molar-refractivity contribution in [1.82, 2.24) is 0 Å². The molecule has 0 spiro atoms. The monoisotopic (exact) mass is 418 g/mol. The lowest BCUT2D eigenvalue weighted by Crippen LogP contribution is -2.14. The highest BCUT2D eigenvalue weighted by molar-refractivity contribution is 5.69. The first-order chi connectivity index (χ1) is 14.3. The average molecular weight is 419 g/mol. The second-order valence-electron chi connectivity index (χ2n) is 7.25. The van der Waals surface area contributed by atoms with Crippen LogP contribution in [0.4, 0.5) is 0 Å². The Morgan fingerprint density at radius 1 is 0.483 bits per heavy atom. The van der Waals surface area contributed by atoms with Gasteiger partial charge >= 0.3 is 5.97 Å². The Labute approximate surface area is 178 Å². The molecule has 0 radical (unpaired) electrons. The quantitative estimate of drug-likeness (QED) is 0.164. The molecule has 0 amide bonds. The van der Waals surface area contributed by atoms with E-state index in [1.165, 1.54) is 44.9 Å². The molecule has 0 aliphatic heterocycles. The second kappa shape index (κ2) is 25.3. The molecular formula is C23H46O6. The van der Waals surface area contributed by atoms with Crippen LogP contribution in [0, 0.1) is 0 Å². The van der Waals surface area contributed by atoms with Crippen molar-refractivity contribution < 1.29 is 28.5 Å². The lowest BCUT2D eigenvalue weighted by atomic mass is 10.1. The summed E-state index contributed by atoms with van der Waals surface area (Å²) in [6.07, 6.45) is 12.5. The largest absolute Gasteiger partial charge is 0.463 e. The molecule has 0 aliphatic carbocycles. The van der Waals surface area contributed by atoms with Gasteiger partial charge in [-0.05, 0) is 12.8 Å². The zero-order valence-corrected chi connectivity index (χ0v) is 19.1. The SMILES string of the molecule is CCCCCCCOCCOCCOCCOCCOC(=O)CCCCCCC. The molecule has 0 saturated carbocycles. The Morgan fingerprint density at radius 2 is 0.897 bits per heavy atom. The fourth-order valence-corrected chi connectivity index (χ4v) is 2.73. The smallest absolute Gasteiger partial charge is 0.305 e. The van der Waals surface area contributed by atoms with Crippen LogP contribution in [0.1, 0.15) is 84.5 Å². The van der Waals surface area contributed by atoms with E-state index in [-0.39, 0.29) is 5.97 Å². The molecular weight excluding hydrogens is 372 g/mol. The van der Waals surface area contributed by atoms with Crippen LogP contribution in [0.25, 0.3) is 0 Å². The van der Waals surface area contributed by atoms with Gasteiger partial charge in [0, 0.05) is 13.0 Å². The third-order valence-corrected chi connectivity index (χ3v) is 4.48. The summed E-state index contributed by atoms with van der Waals surface area (Å²) in [6.45, 7) is 9.35. The van der Waals surface area contributed by atoms with Gasteiger partial charge in [-0.25, -0.2) is 0 Å². The molecule has 0 aromatic rings. The molecule has 6 heteroatoms. The van der Waals surface area contributed by atoms with Crippen LogP contribution in [0.15, 0.2) is 0 Å². The molecule has 0 fully saturated rings. The van der Waals surface area contributed by atoms with Gasteiger partial charge in [0.2, 0.25) is 0 Å². The van der Waals surface area contributed by atoms with Gasteiger partial charge in [-0.2, -0.15) is 0 Å². The van der Waals surface area contributed by atoms with Crippen molar-refractivity contribution in [3.05, 3.63) is 0 Å². The maximum atomic E-state index is 11.5. The van der Waals surface area contributed by atoms with Crippen LogP contribution in [-0.4, -0.2) is 65.4 Å². The van der Waals surface area contributed by atoms with Crippen LogP contribution in [0.3, 0.4) is 0 Å². The fraction of sp³-hybridized carbons (Fsp3) is 0.957. The van der Waals surface area contributed by atoms with Gasteiger partial charge in [0.05, 0.1) is 46.2 Å². The second-order valence-corrected chi connectivity index (χ2v) is 7.25. The third kappa shape index (κ3) is 25.3. The van der Waals surface area contributed by atoms with Crippen molar-refractivity contribution in [3.63, 3.8) is 0 Å². The lowest BCUT2D eigenvalue weighted by molar-refractivity contribution is -0.145. The van der Waals surface area contributed by atoms with Gasteiger partial charge in [0.1, 0.15) is 6.61 Å². The normalized spacial score (nSPS) is 11.1. The molecule has 0 N–H and O–H groups in total. The highest BCUT2D eigenvalue weighted by Gasteiger charge is 2.02. The zero-order chi connectivity index (χ0) is 21.3. The first kappa shape index (κ1) is 28.3. The van der Waals surface area contributed by atoms with Crippen LogP contribution >= 0.6 is 0 Å². The topological polar surface area (TPSA) is 63.2 Å². The molecule has 0 saturated heterocycles. The number of esters is 1. The van der Waals surface area contributed by atoms with Gasteiger partial charge in [-0.15, -0.1) is 0 Å². The maximum Gasteiger partial charge on any atom is 0.305 e. The molecule has 0 rings (SSSR count). The molecule has 0 atom stereocenters. The molecule has 0 heterocycles. The predicted octanol–water partition coefficient (Wildman–Crippen LogP) is 4.93. The van der Waals surface area contributed by atoms with E-state index in [0.717, 1.165) is 25.9 Å². The van der Waals surface area contributed by atoms with E-state index in [4.69, 9.17) is 23.7 Å². The van der Waals surface area contributed by atoms with Crippen molar-refractivity contribution in [2.45, 2.75) is 84.5 Å². The number of ether oxygens (including phenoxy) is 5. The molecule has 0 unspecified atom stereocenters. The van der Waals surface area contributed by atoms with E-state index in [0.29, 0.717) is 59.3 Å². The summed E-state index contributed by atoms with van der Waals surface area (Å²) in [4.78, 5) is 11.5. The Balaban J connectivity index is 3.08. The van der Waals surface area contributed by atoms with Crippen molar-refractivity contribution in [3.8, 4) is 0 Å². The number of unbranched alkanes of at least 4 members (excludes halogenated alkanes) is 8. The molecule has 0 aliphatic rings. The first-order valence-electron chi connectivity index (χ1n) is 11.8. The summed E-state index contributed by atoms with van der Waals surface area (Å²) >= 11 is 0. The van der Waals surface area contributed by atoms with Gasteiger partial charge in [-0.1, -0.05) is 65.2 Å². The number of hydrogen-bond donors (Lipinski definition) is 0. The Hall–Kier alpha value is -0.690. The average Bonchev–Trinajstić information content (AvgIpc) is 2.72. The fourth-order valence-electron chi connectivity index (χ4n) is 2.73. The predicted molar refractivity (Wildman–Crippen MR) is 116 cm³/mol. The van der Waals surface area contributed by atoms with Crippen molar-refractivity contribution >= 4 is 5.97 Å². The minimum atomic E-state index is -0.126. The Morgan fingerprint density at radius 3 is 1.41 bits per heavy atom. The van der Waals surface area contributed by atoms with Crippen LogP contribution in [0.5, 0.6) is 0 Å².